The summed E-state index contributed by atoms with van der Waals surface area (Å²) in [7, 11) is 0. The van der Waals surface area contributed by atoms with Gasteiger partial charge in [-0.25, -0.2) is 0 Å². The average molecular weight is 349 g/mol. The van der Waals surface area contributed by atoms with Crippen LogP contribution in [0.3, 0.4) is 0 Å². The van der Waals surface area contributed by atoms with Gasteiger partial charge in [0.25, 0.3) is 0 Å². The first kappa shape index (κ1) is 18.5. The van der Waals surface area contributed by atoms with Gasteiger partial charge in [0.2, 0.25) is 5.91 Å². The van der Waals surface area contributed by atoms with Crippen LogP contribution in [0.2, 0.25) is 0 Å². The second kappa shape index (κ2) is 8.37. The lowest BCUT2D eigenvalue weighted by Gasteiger charge is -2.36. The minimum Gasteiger partial charge on any atom is -0.467 e. The number of likely N-dealkylation sites (tertiary alicyclic amines) is 1. The zero-order chi connectivity index (χ0) is 17.7. The third-order valence-corrected chi connectivity index (χ3v) is 5.83. The molecule has 5 heteroatoms. The highest BCUT2D eigenvalue weighted by molar-refractivity contribution is 5.77. The van der Waals surface area contributed by atoms with Crippen molar-refractivity contribution in [2.24, 2.45) is 0 Å². The summed E-state index contributed by atoms with van der Waals surface area (Å²) in [6, 6.07) is 3.56. The quantitative estimate of drug-likeness (QED) is 0.852. The number of rotatable bonds is 5. The van der Waals surface area contributed by atoms with Crippen molar-refractivity contribution in [2.45, 2.75) is 88.4 Å². The average Bonchev–Trinajstić information content (AvgIpc) is 3.02. The molecule has 0 radical (unpaired) electrons. The molecule has 140 valence electrons. The molecule has 2 atom stereocenters. The zero-order valence-electron chi connectivity index (χ0n) is 15.0. The Morgan fingerprint density at radius 2 is 2.00 bits per heavy atom. The standard InChI is InChI=1S/C20H31NO4/c22-17(18-9-7-13-25-18)14-16-8-3-1-6-12-21(16)19(23)15-20(24)10-4-2-5-11-20/h7,9,13,16-17,22,24H,1-6,8,10-12,14-15H2. The molecule has 0 bridgehead atoms. The molecule has 1 aromatic rings. The first-order valence-electron chi connectivity index (χ1n) is 9.81. The van der Waals surface area contributed by atoms with E-state index in [4.69, 9.17) is 4.42 Å². The topological polar surface area (TPSA) is 73.9 Å². The maximum Gasteiger partial charge on any atom is 0.225 e. The van der Waals surface area contributed by atoms with Gasteiger partial charge in [-0.2, -0.15) is 0 Å². The van der Waals surface area contributed by atoms with Gasteiger partial charge >= 0.3 is 0 Å². The SMILES string of the molecule is O=C(CC1(O)CCCCC1)N1CCCCCC1CC(O)c1ccco1. The van der Waals surface area contributed by atoms with E-state index in [1.807, 2.05) is 4.90 Å². The number of amides is 1. The fourth-order valence-corrected chi connectivity index (χ4v) is 4.38. The fourth-order valence-electron chi connectivity index (χ4n) is 4.38. The van der Waals surface area contributed by atoms with E-state index in [1.165, 1.54) is 0 Å². The molecular formula is C20H31NO4. The molecule has 1 aliphatic carbocycles. The van der Waals surface area contributed by atoms with Crippen LogP contribution in [0, 0.1) is 0 Å². The minimum atomic E-state index is -0.828. The van der Waals surface area contributed by atoms with E-state index in [0.29, 0.717) is 12.2 Å². The molecule has 2 fully saturated rings. The predicted molar refractivity (Wildman–Crippen MR) is 94.9 cm³/mol. The number of aliphatic hydroxyl groups is 2. The monoisotopic (exact) mass is 349 g/mol. The Labute approximate surface area is 150 Å². The van der Waals surface area contributed by atoms with Crippen molar-refractivity contribution < 1.29 is 19.4 Å². The molecule has 1 amide bonds. The van der Waals surface area contributed by atoms with Crippen LogP contribution in [0.1, 0.15) is 82.5 Å². The van der Waals surface area contributed by atoms with Crippen LogP contribution >= 0.6 is 0 Å². The van der Waals surface area contributed by atoms with Crippen LogP contribution in [-0.4, -0.2) is 39.2 Å². The zero-order valence-corrected chi connectivity index (χ0v) is 15.0. The lowest BCUT2D eigenvalue weighted by Crippen LogP contribution is -2.45. The van der Waals surface area contributed by atoms with E-state index in [1.54, 1.807) is 18.4 Å². The maximum atomic E-state index is 13.0. The van der Waals surface area contributed by atoms with Gasteiger partial charge in [-0.05, 0) is 37.8 Å². The lowest BCUT2D eigenvalue weighted by atomic mass is 9.82. The summed E-state index contributed by atoms with van der Waals surface area (Å²) in [5.74, 6) is 0.602. The van der Waals surface area contributed by atoms with E-state index < -0.39 is 11.7 Å². The molecule has 5 nitrogen and oxygen atoms in total. The number of nitrogens with zero attached hydrogens (tertiary/aromatic N) is 1. The van der Waals surface area contributed by atoms with Gasteiger partial charge in [0.1, 0.15) is 11.9 Å². The Hall–Kier alpha value is -1.33. The minimum absolute atomic E-state index is 0.0160. The smallest absolute Gasteiger partial charge is 0.225 e. The van der Waals surface area contributed by atoms with Crippen molar-refractivity contribution in [2.75, 3.05) is 6.54 Å². The molecule has 2 N–H and O–H groups in total. The van der Waals surface area contributed by atoms with Gasteiger partial charge in [-0.3, -0.25) is 4.79 Å². The number of hydrogen-bond donors (Lipinski definition) is 2. The number of carbonyl (C=O) groups excluding carboxylic acids is 1. The van der Waals surface area contributed by atoms with Crippen LogP contribution in [0.15, 0.2) is 22.8 Å². The number of furan rings is 1. The van der Waals surface area contributed by atoms with Crippen molar-refractivity contribution in [3.05, 3.63) is 24.2 Å². The molecule has 0 spiro atoms. The Morgan fingerprint density at radius 3 is 2.72 bits per heavy atom. The Morgan fingerprint density at radius 1 is 1.24 bits per heavy atom. The van der Waals surface area contributed by atoms with E-state index >= 15 is 0 Å². The van der Waals surface area contributed by atoms with Crippen LogP contribution in [0.25, 0.3) is 0 Å². The van der Waals surface area contributed by atoms with E-state index in [-0.39, 0.29) is 18.4 Å². The largest absolute Gasteiger partial charge is 0.467 e. The molecule has 1 saturated carbocycles. The number of aliphatic hydroxyl groups excluding tert-OH is 1. The highest BCUT2D eigenvalue weighted by atomic mass is 16.4. The van der Waals surface area contributed by atoms with Crippen LogP contribution in [0.5, 0.6) is 0 Å². The first-order valence-corrected chi connectivity index (χ1v) is 9.81. The van der Waals surface area contributed by atoms with Crippen molar-refractivity contribution in [1.29, 1.82) is 0 Å². The summed E-state index contributed by atoms with van der Waals surface area (Å²) in [4.78, 5) is 14.9. The molecule has 3 rings (SSSR count). The molecule has 1 aliphatic heterocycles. The van der Waals surface area contributed by atoms with Crippen molar-refractivity contribution in [1.82, 2.24) is 4.90 Å². The summed E-state index contributed by atoms with van der Waals surface area (Å²) in [5, 5.41) is 21.2. The van der Waals surface area contributed by atoms with Crippen LogP contribution in [-0.2, 0) is 4.79 Å². The number of hydrogen-bond acceptors (Lipinski definition) is 4. The summed E-state index contributed by atoms with van der Waals surface area (Å²) in [6.45, 7) is 0.727. The molecular weight excluding hydrogens is 318 g/mol. The maximum absolute atomic E-state index is 13.0. The normalized spacial score (nSPS) is 25.4. The number of carbonyl (C=O) groups is 1. The Balaban J connectivity index is 1.65. The first-order chi connectivity index (χ1) is 12.1. The highest BCUT2D eigenvalue weighted by Crippen LogP contribution is 2.33. The summed E-state index contributed by atoms with van der Waals surface area (Å²) < 4.78 is 5.31. The summed E-state index contributed by atoms with van der Waals surface area (Å²) in [6.07, 6.45) is 10.3. The van der Waals surface area contributed by atoms with E-state index in [2.05, 4.69) is 0 Å². The molecule has 2 aliphatic rings. The molecule has 2 heterocycles. The Kier molecular flexibility index (Phi) is 6.18. The predicted octanol–water partition coefficient (Wildman–Crippen LogP) is 3.56. The van der Waals surface area contributed by atoms with Gasteiger partial charge in [0.05, 0.1) is 18.3 Å². The van der Waals surface area contributed by atoms with Crippen molar-refractivity contribution in [3.8, 4) is 0 Å². The van der Waals surface area contributed by atoms with Crippen LogP contribution < -0.4 is 0 Å². The van der Waals surface area contributed by atoms with Crippen molar-refractivity contribution >= 4 is 5.91 Å². The third-order valence-electron chi connectivity index (χ3n) is 5.83. The van der Waals surface area contributed by atoms with Gasteiger partial charge < -0.3 is 19.5 Å². The lowest BCUT2D eigenvalue weighted by molar-refractivity contribution is -0.140. The summed E-state index contributed by atoms with van der Waals surface area (Å²) >= 11 is 0. The second-order valence-corrected chi connectivity index (χ2v) is 7.82. The molecule has 25 heavy (non-hydrogen) atoms. The fraction of sp³-hybridized carbons (Fsp3) is 0.750. The van der Waals surface area contributed by atoms with Gasteiger partial charge in [-0.1, -0.05) is 32.1 Å². The summed E-state index contributed by atoms with van der Waals surface area (Å²) in [5.41, 5.74) is -0.828. The van der Waals surface area contributed by atoms with E-state index in [0.717, 1.165) is 64.3 Å². The van der Waals surface area contributed by atoms with Gasteiger partial charge in [-0.15, -0.1) is 0 Å². The third kappa shape index (κ3) is 4.85. The highest BCUT2D eigenvalue weighted by Gasteiger charge is 2.36. The van der Waals surface area contributed by atoms with E-state index in [9.17, 15) is 15.0 Å². The van der Waals surface area contributed by atoms with Gasteiger partial charge in [0, 0.05) is 19.0 Å². The van der Waals surface area contributed by atoms with Crippen LogP contribution in [0.4, 0.5) is 0 Å². The molecule has 2 unspecified atom stereocenters. The molecule has 1 saturated heterocycles. The second-order valence-electron chi connectivity index (χ2n) is 7.82. The molecule has 0 aromatic carbocycles. The molecule has 1 aromatic heterocycles. The Bertz CT molecular complexity index is 536. The van der Waals surface area contributed by atoms with Gasteiger partial charge in [0.15, 0.2) is 0 Å². The van der Waals surface area contributed by atoms with Crippen molar-refractivity contribution in [3.63, 3.8) is 0 Å².